The summed E-state index contributed by atoms with van der Waals surface area (Å²) in [6.07, 6.45) is 3.18. The number of benzene rings is 1. The van der Waals surface area contributed by atoms with Gasteiger partial charge >= 0.3 is 0 Å². The number of rotatable bonds is 4. The molecule has 5 heteroatoms. The van der Waals surface area contributed by atoms with E-state index in [9.17, 15) is 4.79 Å². The molecule has 2 aliphatic heterocycles. The number of piperazine rings is 1. The van der Waals surface area contributed by atoms with Gasteiger partial charge in [-0.2, -0.15) is 0 Å². The number of nitrogens with zero attached hydrogens (tertiary/aromatic N) is 2. The number of nitrogens with one attached hydrogen (secondary N) is 1. The Balaban J connectivity index is 1.48. The highest BCUT2D eigenvalue weighted by Crippen LogP contribution is 2.24. The van der Waals surface area contributed by atoms with Gasteiger partial charge in [-0.15, -0.1) is 0 Å². The average Bonchev–Trinajstić information content (AvgIpc) is 2.62. The van der Waals surface area contributed by atoms with Crippen molar-refractivity contribution in [3.63, 3.8) is 0 Å². The van der Waals surface area contributed by atoms with Crippen LogP contribution in [0.1, 0.15) is 26.2 Å². The number of carbonyl (C=O) groups is 1. The first-order valence-corrected chi connectivity index (χ1v) is 9.50. The summed E-state index contributed by atoms with van der Waals surface area (Å²) in [6.45, 7) is 7.80. The van der Waals surface area contributed by atoms with E-state index in [0.717, 1.165) is 50.0 Å². The molecule has 0 spiro atoms. The molecule has 2 fully saturated rings. The maximum atomic E-state index is 12.6. The fourth-order valence-electron chi connectivity index (χ4n) is 3.82. The van der Waals surface area contributed by atoms with E-state index in [0.29, 0.717) is 24.2 Å². The third-order valence-corrected chi connectivity index (χ3v) is 5.68. The van der Waals surface area contributed by atoms with E-state index in [4.69, 9.17) is 11.6 Å². The lowest BCUT2D eigenvalue weighted by molar-refractivity contribution is -0.132. The van der Waals surface area contributed by atoms with Crippen LogP contribution in [0.15, 0.2) is 24.3 Å². The Morgan fingerprint density at radius 2 is 2.12 bits per heavy atom. The highest BCUT2D eigenvalue weighted by Gasteiger charge is 2.26. The molecular weight excluding hydrogens is 322 g/mol. The van der Waals surface area contributed by atoms with Gasteiger partial charge in [0.05, 0.1) is 0 Å². The van der Waals surface area contributed by atoms with Crippen LogP contribution in [0.3, 0.4) is 0 Å². The second-order valence-electron chi connectivity index (χ2n) is 7.14. The van der Waals surface area contributed by atoms with Crippen LogP contribution in [0.25, 0.3) is 0 Å². The van der Waals surface area contributed by atoms with Gasteiger partial charge in [0.2, 0.25) is 5.91 Å². The maximum Gasteiger partial charge on any atom is 0.222 e. The van der Waals surface area contributed by atoms with Crippen molar-refractivity contribution < 1.29 is 4.79 Å². The summed E-state index contributed by atoms with van der Waals surface area (Å²) >= 11 is 6.08. The molecule has 2 aliphatic rings. The highest BCUT2D eigenvalue weighted by atomic mass is 35.5. The lowest BCUT2D eigenvalue weighted by atomic mass is 9.85. The number of carbonyl (C=O) groups excluding carboxylic acids is 1. The van der Waals surface area contributed by atoms with Gasteiger partial charge in [-0.3, -0.25) is 4.79 Å². The molecule has 2 heterocycles. The smallest absolute Gasteiger partial charge is 0.222 e. The summed E-state index contributed by atoms with van der Waals surface area (Å²) in [7, 11) is 0. The lowest BCUT2D eigenvalue weighted by Gasteiger charge is -2.37. The standard InChI is InChI=1S/C19H28ClN3O/c1-15(16-4-3-7-21-14-16)12-19(24)23-10-8-22(9-11-23)18-6-2-5-17(20)13-18/h2,5-6,13,15-16,21H,3-4,7-12,14H2,1H3. The Morgan fingerprint density at radius 3 is 2.79 bits per heavy atom. The number of piperidine rings is 1. The second kappa shape index (κ2) is 8.21. The normalized spacial score (nSPS) is 23.2. The summed E-state index contributed by atoms with van der Waals surface area (Å²) in [5.74, 6) is 1.44. The van der Waals surface area contributed by atoms with Crippen LogP contribution in [0.4, 0.5) is 5.69 Å². The van der Waals surface area contributed by atoms with E-state index in [1.54, 1.807) is 0 Å². The predicted molar refractivity (Wildman–Crippen MR) is 99.6 cm³/mol. The van der Waals surface area contributed by atoms with E-state index in [1.807, 2.05) is 23.1 Å². The average molecular weight is 350 g/mol. The first-order valence-electron chi connectivity index (χ1n) is 9.12. The zero-order valence-electron chi connectivity index (χ0n) is 14.5. The highest BCUT2D eigenvalue weighted by molar-refractivity contribution is 6.30. The van der Waals surface area contributed by atoms with E-state index in [1.165, 1.54) is 12.8 Å². The van der Waals surface area contributed by atoms with E-state index >= 15 is 0 Å². The van der Waals surface area contributed by atoms with Gasteiger partial charge in [0.15, 0.2) is 0 Å². The van der Waals surface area contributed by atoms with Gasteiger partial charge in [-0.1, -0.05) is 24.6 Å². The van der Waals surface area contributed by atoms with Crippen molar-refractivity contribution in [2.24, 2.45) is 11.8 Å². The van der Waals surface area contributed by atoms with Crippen LogP contribution in [-0.4, -0.2) is 50.1 Å². The van der Waals surface area contributed by atoms with Crippen molar-refractivity contribution in [3.05, 3.63) is 29.3 Å². The first kappa shape index (κ1) is 17.6. The zero-order chi connectivity index (χ0) is 16.9. The van der Waals surface area contributed by atoms with Crippen LogP contribution in [0.2, 0.25) is 5.02 Å². The molecule has 2 unspecified atom stereocenters. The molecule has 2 atom stereocenters. The summed E-state index contributed by atoms with van der Waals surface area (Å²) < 4.78 is 0. The third-order valence-electron chi connectivity index (χ3n) is 5.44. The third kappa shape index (κ3) is 4.42. The van der Waals surface area contributed by atoms with Crippen molar-refractivity contribution >= 4 is 23.2 Å². The first-order chi connectivity index (χ1) is 11.6. The number of halogens is 1. The Kier molecular flexibility index (Phi) is 6.01. The van der Waals surface area contributed by atoms with Gasteiger partial charge in [-0.05, 0) is 56.0 Å². The van der Waals surface area contributed by atoms with E-state index in [-0.39, 0.29) is 0 Å². The SMILES string of the molecule is CC(CC(=O)N1CCN(c2cccc(Cl)c2)CC1)C1CCCNC1. The molecule has 1 aromatic rings. The van der Waals surface area contributed by atoms with Gasteiger partial charge in [0, 0.05) is 43.3 Å². The molecule has 0 bridgehead atoms. The van der Waals surface area contributed by atoms with Gasteiger partial charge in [0.1, 0.15) is 0 Å². The molecule has 0 aliphatic carbocycles. The molecule has 132 valence electrons. The van der Waals surface area contributed by atoms with Crippen molar-refractivity contribution in [3.8, 4) is 0 Å². The largest absolute Gasteiger partial charge is 0.368 e. The molecule has 4 nitrogen and oxygen atoms in total. The Labute approximate surface area is 150 Å². The molecular formula is C19H28ClN3O. The van der Waals surface area contributed by atoms with Crippen LogP contribution in [0, 0.1) is 11.8 Å². The summed E-state index contributed by atoms with van der Waals surface area (Å²) in [5, 5.41) is 4.22. The molecule has 0 radical (unpaired) electrons. The fourth-order valence-corrected chi connectivity index (χ4v) is 4.01. The number of anilines is 1. The van der Waals surface area contributed by atoms with Crippen molar-refractivity contribution in [2.45, 2.75) is 26.2 Å². The summed E-state index contributed by atoms with van der Waals surface area (Å²) in [5.41, 5.74) is 1.15. The summed E-state index contributed by atoms with van der Waals surface area (Å²) in [4.78, 5) is 17.0. The molecule has 1 aromatic carbocycles. The van der Waals surface area contributed by atoms with Crippen LogP contribution in [-0.2, 0) is 4.79 Å². The molecule has 0 aromatic heterocycles. The number of hydrogen-bond acceptors (Lipinski definition) is 3. The van der Waals surface area contributed by atoms with Crippen LogP contribution >= 0.6 is 11.6 Å². The Morgan fingerprint density at radius 1 is 1.33 bits per heavy atom. The molecule has 3 rings (SSSR count). The van der Waals surface area contributed by atoms with Gasteiger partial charge in [0.25, 0.3) is 0 Å². The van der Waals surface area contributed by atoms with Crippen molar-refractivity contribution in [1.82, 2.24) is 10.2 Å². The second-order valence-corrected chi connectivity index (χ2v) is 7.57. The lowest BCUT2D eigenvalue weighted by Crippen LogP contribution is -2.49. The van der Waals surface area contributed by atoms with E-state index in [2.05, 4.69) is 23.2 Å². The minimum atomic E-state index is 0.318. The Bertz CT molecular complexity index is 551. The van der Waals surface area contributed by atoms with Crippen LogP contribution in [0.5, 0.6) is 0 Å². The van der Waals surface area contributed by atoms with Crippen molar-refractivity contribution in [1.29, 1.82) is 0 Å². The molecule has 1 amide bonds. The minimum absolute atomic E-state index is 0.318. The quantitative estimate of drug-likeness (QED) is 0.907. The number of amides is 1. The minimum Gasteiger partial charge on any atom is -0.368 e. The predicted octanol–water partition coefficient (Wildman–Crippen LogP) is 3.01. The number of hydrogen-bond donors (Lipinski definition) is 1. The zero-order valence-corrected chi connectivity index (χ0v) is 15.3. The van der Waals surface area contributed by atoms with E-state index < -0.39 is 0 Å². The molecule has 0 saturated carbocycles. The topological polar surface area (TPSA) is 35.6 Å². The van der Waals surface area contributed by atoms with Gasteiger partial charge in [-0.25, -0.2) is 0 Å². The monoisotopic (exact) mass is 349 g/mol. The fraction of sp³-hybridized carbons (Fsp3) is 0.632. The Hall–Kier alpha value is -1.26. The molecule has 24 heavy (non-hydrogen) atoms. The van der Waals surface area contributed by atoms with Gasteiger partial charge < -0.3 is 15.1 Å². The molecule has 2 saturated heterocycles. The maximum absolute atomic E-state index is 12.6. The van der Waals surface area contributed by atoms with Crippen LogP contribution < -0.4 is 10.2 Å². The summed E-state index contributed by atoms with van der Waals surface area (Å²) in [6, 6.07) is 7.96. The molecule has 1 N–H and O–H groups in total. The van der Waals surface area contributed by atoms with Crippen molar-refractivity contribution in [2.75, 3.05) is 44.2 Å².